The molecule has 0 saturated carbocycles. The molecule has 1 saturated heterocycles. The van der Waals surface area contributed by atoms with Crippen molar-refractivity contribution in [3.8, 4) is 11.3 Å². The van der Waals surface area contributed by atoms with Gasteiger partial charge in [-0.2, -0.15) is 18.2 Å². The number of nitrogens with one attached hydrogen (secondary N) is 1. The molecule has 0 aliphatic carbocycles. The van der Waals surface area contributed by atoms with Crippen LogP contribution in [0.2, 0.25) is 5.02 Å². The SMILES string of the molecule is O=C(NN1C(=O)/C(=C\c2ccc(-c3ccccc3C(F)(F)F)o2)SC1=S)c1ccc(Cl)cc1. The van der Waals surface area contributed by atoms with Gasteiger partial charge in [0.15, 0.2) is 4.32 Å². The van der Waals surface area contributed by atoms with Crippen molar-refractivity contribution in [3.05, 3.63) is 87.5 Å². The van der Waals surface area contributed by atoms with Crippen LogP contribution in [0.25, 0.3) is 17.4 Å². The van der Waals surface area contributed by atoms with E-state index in [1.165, 1.54) is 60.7 Å². The van der Waals surface area contributed by atoms with Gasteiger partial charge in [0.2, 0.25) is 0 Å². The van der Waals surface area contributed by atoms with Crippen molar-refractivity contribution in [2.75, 3.05) is 0 Å². The Morgan fingerprint density at radius 3 is 2.48 bits per heavy atom. The van der Waals surface area contributed by atoms with Gasteiger partial charge in [0.1, 0.15) is 11.5 Å². The molecule has 0 unspecified atom stereocenters. The third-order valence-electron chi connectivity index (χ3n) is 4.51. The fourth-order valence-corrected chi connectivity index (χ4v) is 4.27. The van der Waals surface area contributed by atoms with Crippen LogP contribution in [0.1, 0.15) is 21.7 Å². The van der Waals surface area contributed by atoms with E-state index in [1.807, 2.05) is 0 Å². The number of hydrazine groups is 1. The van der Waals surface area contributed by atoms with Gasteiger partial charge in [-0.25, -0.2) is 0 Å². The molecule has 0 bridgehead atoms. The van der Waals surface area contributed by atoms with Crippen LogP contribution in [-0.4, -0.2) is 21.1 Å². The molecular formula is C22H12ClF3N2O3S2. The number of rotatable bonds is 4. The molecule has 5 nitrogen and oxygen atoms in total. The molecule has 0 spiro atoms. The summed E-state index contributed by atoms with van der Waals surface area (Å²) in [4.78, 5) is 25.3. The van der Waals surface area contributed by atoms with Crippen molar-refractivity contribution in [2.45, 2.75) is 6.18 Å². The lowest BCUT2D eigenvalue weighted by Crippen LogP contribution is -2.44. The second kappa shape index (κ2) is 9.05. The molecule has 1 fully saturated rings. The van der Waals surface area contributed by atoms with E-state index >= 15 is 0 Å². The lowest BCUT2D eigenvalue weighted by atomic mass is 10.1. The van der Waals surface area contributed by atoms with Crippen LogP contribution >= 0.6 is 35.6 Å². The Kier molecular flexibility index (Phi) is 6.33. The van der Waals surface area contributed by atoms with Gasteiger partial charge in [-0.1, -0.05) is 41.6 Å². The maximum absolute atomic E-state index is 13.3. The van der Waals surface area contributed by atoms with E-state index in [4.69, 9.17) is 28.2 Å². The third-order valence-corrected chi connectivity index (χ3v) is 6.07. The third kappa shape index (κ3) is 4.97. The number of hydrogen-bond acceptors (Lipinski definition) is 5. The quantitative estimate of drug-likeness (QED) is 0.337. The molecule has 0 atom stereocenters. The van der Waals surface area contributed by atoms with Gasteiger partial charge < -0.3 is 4.42 Å². The Balaban J connectivity index is 1.54. The number of nitrogens with zero attached hydrogens (tertiary/aromatic N) is 1. The highest BCUT2D eigenvalue weighted by atomic mass is 35.5. The highest BCUT2D eigenvalue weighted by molar-refractivity contribution is 8.26. The summed E-state index contributed by atoms with van der Waals surface area (Å²) in [7, 11) is 0. The van der Waals surface area contributed by atoms with Gasteiger partial charge >= 0.3 is 6.18 Å². The predicted molar refractivity (Wildman–Crippen MR) is 123 cm³/mol. The summed E-state index contributed by atoms with van der Waals surface area (Å²) in [6, 6.07) is 13.9. The van der Waals surface area contributed by atoms with Crippen molar-refractivity contribution in [3.63, 3.8) is 0 Å². The second-order valence-corrected chi connectivity index (χ2v) is 8.82. The van der Waals surface area contributed by atoms with E-state index < -0.39 is 23.6 Å². The molecule has 2 heterocycles. The molecule has 2 amide bonds. The Morgan fingerprint density at radius 1 is 1.09 bits per heavy atom. The molecular weight excluding hydrogens is 497 g/mol. The van der Waals surface area contributed by atoms with Crippen molar-refractivity contribution in [1.29, 1.82) is 0 Å². The fourth-order valence-electron chi connectivity index (χ4n) is 2.98. The minimum Gasteiger partial charge on any atom is -0.457 e. The van der Waals surface area contributed by atoms with E-state index in [0.717, 1.165) is 22.8 Å². The predicted octanol–water partition coefficient (Wildman–Crippen LogP) is 6.17. The van der Waals surface area contributed by atoms with E-state index in [9.17, 15) is 22.8 Å². The number of carbonyl (C=O) groups excluding carboxylic acids is 2. The van der Waals surface area contributed by atoms with Gasteiger partial charge in [0, 0.05) is 22.2 Å². The average Bonchev–Trinajstić information content (AvgIpc) is 3.34. The van der Waals surface area contributed by atoms with Crippen LogP contribution in [0.5, 0.6) is 0 Å². The minimum absolute atomic E-state index is 0.000643. The van der Waals surface area contributed by atoms with E-state index in [-0.39, 0.29) is 31.9 Å². The molecule has 1 aromatic heterocycles. The van der Waals surface area contributed by atoms with Crippen molar-refractivity contribution < 1.29 is 27.2 Å². The molecule has 11 heteroatoms. The van der Waals surface area contributed by atoms with Gasteiger partial charge in [-0.05, 0) is 54.7 Å². The smallest absolute Gasteiger partial charge is 0.417 e. The Morgan fingerprint density at radius 2 is 1.79 bits per heavy atom. The molecule has 33 heavy (non-hydrogen) atoms. The number of carbonyl (C=O) groups is 2. The first-order valence-electron chi connectivity index (χ1n) is 9.24. The monoisotopic (exact) mass is 508 g/mol. The molecule has 1 aliphatic heterocycles. The number of benzene rings is 2. The lowest BCUT2D eigenvalue weighted by Gasteiger charge is -2.15. The first-order valence-corrected chi connectivity index (χ1v) is 10.8. The molecule has 0 radical (unpaired) electrons. The van der Waals surface area contributed by atoms with Crippen LogP contribution in [0.4, 0.5) is 13.2 Å². The van der Waals surface area contributed by atoms with Crippen molar-refractivity contribution in [2.24, 2.45) is 0 Å². The van der Waals surface area contributed by atoms with E-state index in [0.29, 0.717) is 5.02 Å². The highest BCUT2D eigenvalue weighted by Crippen LogP contribution is 2.38. The molecule has 3 aromatic rings. The van der Waals surface area contributed by atoms with E-state index in [2.05, 4.69) is 5.43 Å². The first-order chi connectivity index (χ1) is 15.6. The molecule has 168 valence electrons. The van der Waals surface area contributed by atoms with Gasteiger partial charge in [-0.15, -0.1) is 0 Å². The van der Waals surface area contributed by atoms with Gasteiger partial charge in [0.25, 0.3) is 11.8 Å². The van der Waals surface area contributed by atoms with Crippen LogP contribution in [-0.2, 0) is 11.0 Å². The second-order valence-electron chi connectivity index (χ2n) is 6.71. The molecule has 2 aromatic carbocycles. The number of thiocarbonyl (C=S) groups is 1. The number of furan rings is 1. The summed E-state index contributed by atoms with van der Waals surface area (Å²) < 4.78 is 45.5. The normalized spacial score (nSPS) is 15.4. The standard InChI is InChI=1S/C22H12ClF3N2O3S2/c23-13-7-5-12(6-8-13)19(29)27-28-20(30)18(33-21(28)32)11-14-9-10-17(31-14)15-3-1-2-4-16(15)22(24,25)26/h1-11H,(H,27,29)/b18-11+. The fraction of sp³-hybridized carbons (Fsp3) is 0.0455. The zero-order chi connectivity index (χ0) is 23.8. The topological polar surface area (TPSA) is 62.6 Å². The minimum atomic E-state index is -4.55. The summed E-state index contributed by atoms with van der Waals surface area (Å²) in [6.07, 6.45) is -3.19. The maximum Gasteiger partial charge on any atom is 0.417 e. The zero-order valence-corrected chi connectivity index (χ0v) is 18.7. The van der Waals surface area contributed by atoms with Gasteiger partial charge in [-0.3, -0.25) is 15.0 Å². The van der Waals surface area contributed by atoms with E-state index in [1.54, 1.807) is 0 Å². The molecule has 1 aliphatic rings. The summed E-state index contributed by atoms with van der Waals surface area (Å²) in [6.45, 7) is 0. The van der Waals surface area contributed by atoms with Crippen LogP contribution in [0.3, 0.4) is 0 Å². The number of alkyl halides is 3. The number of halogens is 4. The Labute approximate surface area is 200 Å². The van der Waals surface area contributed by atoms with Crippen molar-refractivity contribution in [1.82, 2.24) is 10.4 Å². The van der Waals surface area contributed by atoms with Gasteiger partial charge in [0.05, 0.1) is 10.5 Å². The highest BCUT2D eigenvalue weighted by Gasteiger charge is 2.35. The largest absolute Gasteiger partial charge is 0.457 e. The number of thioether (sulfide) groups is 1. The van der Waals surface area contributed by atoms with Crippen LogP contribution < -0.4 is 5.43 Å². The molecule has 4 rings (SSSR count). The zero-order valence-electron chi connectivity index (χ0n) is 16.4. The van der Waals surface area contributed by atoms with Crippen molar-refractivity contribution >= 4 is 57.8 Å². The Bertz CT molecular complexity index is 1290. The average molecular weight is 509 g/mol. The summed E-state index contributed by atoms with van der Waals surface area (Å²) in [5, 5.41) is 1.38. The molecule has 1 N–H and O–H groups in total. The Hall–Kier alpha value is -3.08. The first kappa shape index (κ1) is 23.1. The number of amides is 2. The summed E-state index contributed by atoms with van der Waals surface area (Å²) in [5.41, 5.74) is 1.75. The van der Waals surface area contributed by atoms with Crippen LogP contribution in [0, 0.1) is 0 Å². The summed E-state index contributed by atoms with van der Waals surface area (Å²) >= 11 is 11.9. The van der Waals surface area contributed by atoms with Crippen LogP contribution in [0.15, 0.2) is 70.0 Å². The summed E-state index contributed by atoms with van der Waals surface area (Å²) in [5.74, 6) is -0.999. The maximum atomic E-state index is 13.3. The lowest BCUT2D eigenvalue weighted by molar-refractivity contribution is -0.137. The number of hydrogen-bond donors (Lipinski definition) is 1.